The molecular weight excluding hydrogens is 232 g/mol. The summed E-state index contributed by atoms with van der Waals surface area (Å²) in [4.78, 5) is 0. The van der Waals surface area contributed by atoms with Gasteiger partial charge in [-0.05, 0) is 26.2 Å². The molecule has 1 rings (SSSR count). The average molecular weight is 260 g/mol. The Morgan fingerprint density at radius 1 is 1.17 bits per heavy atom. The van der Waals surface area contributed by atoms with Gasteiger partial charge in [0.25, 0.3) is 0 Å². The van der Waals surface area contributed by atoms with E-state index in [0.29, 0.717) is 19.6 Å². The molecule has 4 nitrogen and oxygen atoms in total. The van der Waals surface area contributed by atoms with E-state index in [4.69, 9.17) is 9.47 Å². The van der Waals surface area contributed by atoms with Crippen LogP contribution in [0.2, 0.25) is 0 Å². The molecule has 0 bridgehead atoms. The van der Waals surface area contributed by atoms with Crippen molar-refractivity contribution in [3.05, 3.63) is 0 Å². The van der Waals surface area contributed by atoms with E-state index in [2.05, 4.69) is 20.8 Å². The zero-order chi connectivity index (χ0) is 13.8. The number of hydrogen-bond acceptors (Lipinski definition) is 4. The van der Waals surface area contributed by atoms with Gasteiger partial charge in [0, 0.05) is 11.8 Å². The molecule has 18 heavy (non-hydrogen) atoms. The Kier molecular flexibility index (Phi) is 5.59. The Labute approximate surface area is 110 Å². The van der Waals surface area contributed by atoms with E-state index >= 15 is 0 Å². The Hall–Kier alpha value is -0.160. The van der Waals surface area contributed by atoms with Crippen LogP contribution in [0.3, 0.4) is 0 Å². The first kappa shape index (κ1) is 15.9. The van der Waals surface area contributed by atoms with Crippen LogP contribution in [0.15, 0.2) is 0 Å². The molecule has 1 fully saturated rings. The molecule has 0 aliphatic carbocycles. The van der Waals surface area contributed by atoms with Gasteiger partial charge in [-0.1, -0.05) is 20.8 Å². The molecule has 4 heteroatoms. The summed E-state index contributed by atoms with van der Waals surface area (Å²) >= 11 is 0. The van der Waals surface area contributed by atoms with Crippen LogP contribution in [0.4, 0.5) is 0 Å². The molecule has 0 amide bonds. The first-order chi connectivity index (χ1) is 8.30. The van der Waals surface area contributed by atoms with Crippen LogP contribution in [0.1, 0.15) is 53.4 Å². The molecule has 0 aromatic rings. The van der Waals surface area contributed by atoms with Crippen molar-refractivity contribution in [3.8, 4) is 0 Å². The van der Waals surface area contributed by atoms with Crippen molar-refractivity contribution < 1.29 is 19.7 Å². The number of hydrogen-bond donors (Lipinski definition) is 2. The Bertz CT molecular complexity index is 240. The van der Waals surface area contributed by atoms with E-state index < -0.39 is 18.0 Å². The minimum atomic E-state index is -0.672. The van der Waals surface area contributed by atoms with Gasteiger partial charge in [-0.15, -0.1) is 0 Å². The maximum Gasteiger partial charge on any atom is 0.168 e. The lowest BCUT2D eigenvalue weighted by Gasteiger charge is -2.43. The molecule has 0 radical (unpaired) electrons. The smallest absolute Gasteiger partial charge is 0.168 e. The summed E-state index contributed by atoms with van der Waals surface area (Å²) in [5, 5.41) is 18.8. The summed E-state index contributed by atoms with van der Waals surface area (Å²) < 4.78 is 11.8. The highest BCUT2D eigenvalue weighted by Gasteiger charge is 2.38. The third-order valence-electron chi connectivity index (χ3n) is 3.61. The Balaban J connectivity index is 2.38. The van der Waals surface area contributed by atoms with Crippen molar-refractivity contribution >= 4 is 0 Å². The fraction of sp³-hybridized carbons (Fsp3) is 1.00. The van der Waals surface area contributed by atoms with Crippen LogP contribution in [-0.4, -0.2) is 41.4 Å². The van der Waals surface area contributed by atoms with Crippen LogP contribution in [0, 0.1) is 5.41 Å². The fourth-order valence-electron chi connectivity index (χ4n) is 2.08. The summed E-state index contributed by atoms with van der Waals surface area (Å²) in [6.07, 6.45) is 1.63. The van der Waals surface area contributed by atoms with Gasteiger partial charge in [0.2, 0.25) is 0 Å². The van der Waals surface area contributed by atoms with Gasteiger partial charge in [0.1, 0.15) is 0 Å². The number of ether oxygens (including phenoxy) is 2. The van der Waals surface area contributed by atoms with E-state index in [1.54, 1.807) is 6.92 Å². The van der Waals surface area contributed by atoms with Crippen molar-refractivity contribution in [3.63, 3.8) is 0 Å². The zero-order valence-electron chi connectivity index (χ0n) is 12.1. The maximum absolute atomic E-state index is 9.56. The van der Waals surface area contributed by atoms with Crippen molar-refractivity contribution in [2.75, 3.05) is 13.2 Å². The molecule has 0 aromatic heterocycles. The van der Waals surface area contributed by atoms with E-state index in [1.165, 1.54) is 0 Å². The number of aliphatic hydroxyl groups is 2. The molecule has 0 saturated carbocycles. The fourth-order valence-corrected chi connectivity index (χ4v) is 2.08. The van der Waals surface area contributed by atoms with Crippen molar-refractivity contribution in [1.82, 2.24) is 0 Å². The van der Waals surface area contributed by atoms with E-state index in [9.17, 15) is 10.2 Å². The van der Waals surface area contributed by atoms with Crippen LogP contribution in [0.5, 0.6) is 0 Å². The molecule has 1 aliphatic rings. The lowest BCUT2D eigenvalue weighted by molar-refractivity contribution is -0.303. The maximum atomic E-state index is 9.56. The van der Waals surface area contributed by atoms with Gasteiger partial charge < -0.3 is 19.7 Å². The van der Waals surface area contributed by atoms with Gasteiger partial charge in [0.15, 0.2) is 5.79 Å². The molecule has 0 spiro atoms. The van der Waals surface area contributed by atoms with Gasteiger partial charge in [0.05, 0.1) is 25.4 Å². The van der Waals surface area contributed by atoms with Crippen LogP contribution in [0.25, 0.3) is 0 Å². The second-order valence-electron chi connectivity index (χ2n) is 6.21. The highest BCUT2D eigenvalue weighted by molar-refractivity contribution is 4.80. The molecule has 108 valence electrons. The molecule has 0 unspecified atom stereocenters. The van der Waals surface area contributed by atoms with Gasteiger partial charge in [-0.3, -0.25) is 0 Å². The minimum Gasteiger partial charge on any atom is -0.391 e. The summed E-state index contributed by atoms with van der Waals surface area (Å²) in [5.41, 5.74) is 0.0811. The van der Waals surface area contributed by atoms with E-state index in [-0.39, 0.29) is 5.41 Å². The second kappa shape index (κ2) is 6.33. The van der Waals surface area contributed by atoms with Crippen LogP contribution in [-0.2, 0) is 9.47 Å². The lowest BCUT2D eigenvalue weighted by atomic mass is 9.93. The van der Waals surface area contributed by atoms with Crippen molar-refractivity contribution in [1.29, 1.82) is 0 Å². The standard InChI is InChI=1S/C14H28O4/c1-5-14(8-6-7-12(16)11(2)15)17-9-13(3,4)10-18-14/h11-12,15-16H,5-10H2,1-4H3/t11-,12-/m0/s1. The molecule has 1 saturated heterocycles. The Morgan fingerprint density at radius 2 is 1.72 bits per heavy atom. The van der Waals surface area contributed by atoms with Gasteiger partial charge in [-0.25, -0.2) is 0 Å². The van der Waals surface area contributed by atoms with Gasteiger partial charge in [-0.2, -0.15) is 0 Å². The van der Waals surface area contributed by atoms with Crippen molar-refractivity contribution in [2.24, 2.45) is 5.41 Å². The Morgan fingerprint density at radius 3 is 2.17 bits per heavy atom. The molecule has 1 aliphatic heterocycles. The van der Waals surface area contributed by atoms with Crippen molar-refractivity contribution in [2.45, 2.75) is 71.4 Å². The highest BCUT2D eigenvalue weighted by Crippen LogP contribution is 2.34. The number of aliphatic hydroxyl groups excluding tert-OH is 2. The first-order valence-electron chi connectivity index (χ1n) is 6.94. The summed E-state index contributed by atoms with van der Waals surface area (Å²) in [5.74, 6) is -0.492. The van der Waals surface area contributed by atoms with E-state index in [1.807, 2.05) is 0 Å². The third kappa shape index (κ3) is 4.50. The first-order valence-corrected chi connectivity index (χ1v) is 6.94. The topological polar surface area (TPSA) is 58.9 Å². The molecular formula is C14H28O4. The third-order valence-corrected chi connectivity index (χ3v) is 3.61. The quantitative estimate of drug-likeness (QED) is 0.767. The zero-order valence-corrected chi connectivity index (χ0v) is 12.1. The SMILES string of the molecule is CCC1(CCC[C@H](O)[C@H](C)O)OCC(C)(C)CO1. The predicted octanol–water partition coefficient (Wildman–Crippen LogP) is 2.08. The normalized spacial score (nSPS) is 25.7. The molecule has 0 aromatic carbocycles. The molecule has 2 N–H and O–H groups in total. The van der Waals surface area contributed by atoms with Crippen LogP contribution < -0.4 is 0 Å². The van der Waals surface area contributed by atoms with E-state index in [0.717, 1.165) is 19.3 Å². The largest absolute Gasteiger partial charge is 0.391 e. The molecule has 2 atom stereocenters. The van der Waals surface area contributed by atoms with Gasteiger partial charge >= 0.3 is 0 Å². The lowest BCUT2D eigenvalue weighted by Crippen LogP contribution is -2.47. The molecule has 1 heterocycles. The number of rotatable bonds is 6. The summed E-state index contributed by atoms with van der Waals surface area (Å²) in [7, 11) is 0. The second-order valence-corrected chi connectivity index (χ2v) is 6.21. The summed E-state index contributed by atoms with van der Waals surface area (Å²) in [6.45, 7) is 9.34. The highest BCUT2D eigenvalue weighted by atomic mass is 16.7. The predicted molar refractivity (Wildman–Crippen MR) is 70.2 cm³/mol. The minimum absolute atomic E-state index is 0.0811. The van der Waals surface area contributed by atoms with Crippen LogP contribution >= 0.6 is 0 Å². The monoisotopic (exact) mass is 260 g/mol. The average Bonchev–Trinajstić information content (AvgIpc) is 2.31. The summed E-state index contributed by atoms with van der Waals surface area (Å²) in [6, 6.07) is 0.